The molecule has 0 radical (unpaired) electrons. The Morgan fingerprint density at radius 2 is 1.95 bits per heavy atom. The van der Waals surface area contributed by atoms with Gasteiger partial charge in [-0.25, -0.2) is 0 Å². The van der Waals surface area contributed by atoms with Gasteiger partial charge in [-0.15, -0.1) is 0 Å². The summed E-state index contributed by atoms with van der Waals surface area (Å²) in [5, 5.41) is 1.80. The zero-order chi connectivity index (χ0) is 15.1. The minimum atomic E-state index is -0.189. The number of nitrogen functional groups attached to an aromatic ring is 1. The second-order valence-electron chi connectivity index (χ2n) is 4.85. The lowest BCUT2D eigenvalue weighted by atomic mass is 10.0. The molecule has 0 unspecified atom stereocenters. The van der Waals surface area contributed by atoms with Gasteiger partial charge in [-0.2, -0.15) is 0 Å². The average Bonchev–Trinajstić information content (AvgIpc) is 2.75. The fourth-order valence-corrected chi connectivity index (χ4v) is 2.89. The molecule has 3 aromatic rings. The molecular formula is C16H12Cl2N2O. The van der Waals surface area contributed by atoms with Gasteiger partial charge in [0.1, 0.15) is 0 Å². The summed E-state index contributed by atoms with van der Waals surface area (Å²) in [6.45, 7) is 0. The van der Waals surface area contributed by atoms with Crippen LogP contribution in [0.25, 0.3) is 10.9 Å². The number of benzene rings is 2. The third kappa shape index (κ3) is 2.28. The first-order valence-electron chi connectivity index (χ1n) is 6.32. The van der Waals surface area contributed by atoms with Crippen LogP contribution in [-0.2, 0) is 7.05 Å². The van der Waals surface area contributed by atoms with E-state index in [1.54, 1.807) is 30.5 Å². The van der Waals surface area contributed by atoms with E-state index in [0.29, 0.717) is 26.9 Å². The zero-order valence-electron chi connectivity index (χ0n) is 11.2. The van der Waals surface area contributed by atoms with E-state index < -0.39 is 0 Å². The number of nitrogens with two attached hydrogens (primary N) is 1. The van der Waals surface area contributed by atoms with Gasteiger partial charge in [0, 0.05) is 40.4 Å². The fourth-order valence-electron chi connectivity index (χ4n) is 2.45. The van der Waals surface area contributed by atoms with E-state index in [1.165, 1.54) is 0 Å². The molecule has 0 aliphatic rings. The van der Waals surface area contributed by atoms with Crippen LogP contribution >= 0.6 is 23.2 Å². The highest BCUT2D eigenvalue weighted by Gasteiger charge is 2.20. The third-order valence-electron chi connectivity index (χ3n) is 3.47. The summed E-state index contributed by atoms with van der Waals surface area (Å²) in [7, 11) is 1.87. The summed E-state index contributed by atoms with van der Waals surface area (Å²) < 4.78 is 1.86. The SMILES string of the molecule is Cn1cc(C(=O)c2c(N)cccc2Cl)c2ccc(Cl)cc21. The second-order valence-corrected chi connectivity index (χ2v) is 5.69. The lowest BCUT2D eigenvalue weighted by Gasteiger charge is -2.06. The quantitative estimate of drug-likeness (QED) is 0.565. The maximum Gasteiger partial charge on any atom is 0.198 e. The number of hydrogen-bond acceptors (Lipinski definition) is 2. The first-order chi connectivity index (χ1) is 9.99. The van der Waals surface area contributed by atoms with E-state index in [-0.39, 0.29) is 5.78 Å². The molecular weight excluding hydrogens is 307 g/mol. The van der Waals surface area contributed by atoms with Crippen molar-refractivity contribution in [2.45, 2.75) is 0 Å². The van der Waals surface area contributed by atoms with Gasteiger partial charge in [0.05, 0.1) is 10.6 Å². The fraction of sp³-hybridized carbons (Fsp3) is 0.0625. The van der Waals surface area contributed by atoms with Gasteiger partial charge in [0.15, 0.2) is 5.78 Å². The summed E-state index contributed by atoms with van der Waals surface area (Å²) in [6.07, 6.45) is 1.77. The molecule has 1 heterocycles. The molecule has 0 spiro atoms. The highest BCUT2D eigenvalue weighted by atomic mass is 35.5. The number of anilines is 1. The zero-order valence-corrected chi connectivity index (χ0v) is 12.7. The van der Waals surface area contributed by atoms with Gasteiger partial charge in [-0.05, 0) is 24.3 Å². The predicted molar refractivity (Wildman–Crippen MR) is 87.2 cm³/mol. The monoisotopic (exact) mass is 318 g/mol. The van der Waals surface area contributed by atoms with Crippen molar-refractivity contribution in [2.75, 3.05) is 5.73 Å². The molecule has 0 atom stereocenters. The summed E-state index contributed by atoms with van der Waals surface area (Å²) in [4.78, 5) is 12.8. The van der Waals surface area contributed by atoms with Gasteiger partial charge < -0.3 is 10.3 Å². The maximum atomic E-state index is 12.8. The molecule has 0 amide bonds. The molecule has 1 aromatic heterocycles. The number of halogens is 2. The maximum absolute atomic E-state index is 12.8. The topological polar surface area (TPSA) is 48.0 Å². The average molecular weight is 319 g/mol. The number of carbonyl (C=O) groups is 1. The molecule has 2 N–H and O–H groups in total. The number of fused-ring (bicyclic) bond motifs is 1. The minimum absolute atomic E-state index is 0.189. The third-order valence-corrected chi connectivity index (χ3v) is 4.02. The Morgan fingerprint density at radius 1 is 1.19 bits per heavy atom. The van der Waals surface area contributed by atoms with Crippen molar-refractivity contribution in [3.05, 3.63) is 63.8 Å². The number of aryl methyl sites for hydroxylation is 1. The molecule has 0 fully saturated rings. The normalized spacial score (nSPS) is 11.0. The van der Waals surface area contributed by atoms with Gasteiger partial charge in [-0.1, -0.05) is 35.3 Å². The highest BCUT2D eigenvalue weighted by molar-refractivity contribution is 6.36. The lowest BCUT2D eigenvalue weighted by molar-refractivity contribution is 0.104. The summed E-state index contributed by atoms with van der Waals surface area (Å²) in [5.41, 5.74) is 8.05. The Morgan fingerprint density at radius 3 is 2.67 bits per heavy atom. The van der Waals surface area contributed by atoms with Crippen LogP contribution in [0.4, 0.5) is 5.69 Å². The highest BCUT2D eigenvalue weighted by Crippen LogP contribution is 2.30. The number of hydrogen-bond donors (Lipinski definition) is 1. The van der Waals surface area contributed by atoms with Crippen LogP contribution in [0.15, 0.2) is 42.6 Å². The molecule has 0 aliphatic carbocycles. The minimum Gasteiger partial charge on any atom is -0.398 e. The van der Waals surface area contributed by atoms with Crippen LogP contribution in [0.3, 0.4) is 0 Å². The Kier molecular flexibility index (Phi) is 3.40. The largest absolute Gasteiger partial charge is 0.398 e. The van der Waals surface area contributed by atoms with Gasteiger partial charge >= 0.3 is 0 Å². The molecule has 3 rings (SSSR count). The van der Waals surface area contributed by atoms with Gasteiger partial charge in [-0.3, -0.25) is 4.79 Å². The molecule has 0 saturated heterocycles. The smallest absolute Gasteiger partial charge is 0.198 e. The molecule has 5 heteroatoms. The first kappa shape index (κ1) is 14.0. The molecule has 0 aliphatic heterocycles. The Bertz CT molecular complexity index is 848. The Balaban J connectivity index is 2.24. The summed E-state index contributed by atoms with van der Waals surface area (Å²) in [6, 6.07) is 10.5. The summed E-state index contributed by atoms with van der Waals surface area (Å²) >= 11 is 12.1. The molecule has 106 valence electrons. The molecule has 3 nitrogen and oxygen atoms in total. The summed E-state index contributed by atoms with van der Waals surface area (Å²) in [5.74, 6) is -0.189. The molecule has 0 bridgehead atoms. The van der Waals surface area contributed by atoms with Crippen LogP contribution in [0, 0.1) is 0 Å². The standard InChI is InChI=1S/C16H12Cl2N2O/c1-20-8-11(10-6-5-9(17)7-14(10)20)16(21)15-12(18)3-2-4-13(15)19/h2-8H,19H2,1H3. The molecule has 21 heavy (non-hydrogen) atoms. The van der Waals surface area contributed by atoms with E-state index in [9.17, 15) is 4.79 Å². The van der Waals surface area contributed by atoms with Crippen molar-refractivity contribution in [3.63, 3.8) is 0 Å². The van der Waals surface area contributed by atoms with E-state index in [2.05, 4.69) is 0 Å². The number of rotatable bonds is 2. The van der Waals surface area contributed by atoms with E-state index in [0.717, 1.165) is 10.9 Å². The van der Waals surface area contributed by atoms with E-state index in [4.69, 9.17) is 28.9 Å². The number of aromatic nitrogens is 1. The van der Waals surface area contributed by atoms with Crippen molar-refractivity contribution in [1.29, 1.82) is 0 Å². The Labute approximate surface area is 131 Å². The molecule has 0 saturated carbocycles. The van der Waals surface area contributed by atoms with Crippen molar-refractivity contribution in [2.24, 2.45) is 7.05 Å². The van der Waals surface area contributed by atoms with Crippen molar-refractivity contribution in [3.8, 4) is 0 Å². The van der Waals surface area contributed by atoms with Crippen LogP contribution in [0.5, 0.6) is 0 Å². The van der Waals surface area contributed by atoms with E-state index in [1.807, 2.05) is 23.7 Å². The predicted octanol–water partition coefficient (Wildman–Crippen LogP) is 4.30. The van der Waals surface area contributed by atoms with Gasteiger partial charge in [0.25, 0.3) is 0 Å². The number of nitrogens with zero attached hydrogens (tertiary/aromatic N) is 1. The van der Waals surface area contributed by atoms with Crippen LogP contribution < -0.4 is 5.73 Å². The second kappa shape index (κ2) is 5.10. The van der Waals surface area contributed by atoms with E-state index >= 15 is 0 Å². The van der Waals surface area contributed by atoms with Crippen molar-refractivity contribution in [1.82, 2.24) is 4.57 Å². The van der Waals surface area contributed by atoms with Gasteiger partial charge in [0.2, 0.25) is 0 Å². The van der Waals surface area contributed by atoms with Crippen LogP contribution in [-0.4, -0.2) is 10.4 Å². The number of ketones is 1. The lowest BCUT2D eigenvalue weighted by Crippen LogP contribution is -2.05. The van der Waals surface area contributed by atoms with Crippen molar-refractivity contribution >= 4 is 45.6 Å². The van der Waals surface area contributed by atoms with Crippen LogP contribution in [0.1, 0.15) is 15.9 Å². The number of carbonyl (C=O) groups excluding carboxylic acids is 1. The Hall–Kier alpha value is -1.97. The first-order valence-corrected chi connectivity index (χ1v) is 7.08. The van der Waals surface area contributed by atoms with Crippen LogP contribution in [0.2, 0.25) is 10.0 Å². The molecule has 2 aromatic carbocycles. The van der Waals surface area contributed by atoms with Crippen molar-refractivity contribution < 1.29 is 4.79 Å².